The number of hydrogen-bond acceptors (Lipinski definition) is 3. The van der Waals surface area contributed by atoms with E-state index in [-0.39, 0.29) is 25.7 Å². The number of sulfonamides is 1. The van der Waals surface area contributed by atoms with E-state index in [0.717, 1.165) is 6.20 Å². The van der Waals surface area contributed by atoms with Gasteiger partial charge >= 0.3 is 0 Å². The van der Waals surface area contributed by atoms with Crippen molar-refractivity contribution in [3.8, 4) is 0 Å². The minimum absolute atomic E-state index is 0.0700. The zero-order valence-electron chi connectivity index (χ0n) is 9.27. The summed E-state index contributed by atoms with van der Waals surface area (Å²) in [5, 5.41) is 0.438. The first-order valence-corrected chi connectivity index (χ1v) is 7.60. The Balaban J connectivity index is 2.43. The lowest BCUT2D eigenvalue weighted by molar-refractivity contribution is 0.601. The third-order valence-electron chi connectivity index (χ3n) is 2.22. The maximum Gasteiger partial charge on any atom is 0.264 e. The quantitative estimate of drug-likeness (QED) is 0.925. The topological polar surface area (TPSA) is 59.1 Å². The zero-order valence-corrected chi connectivity index (χ0v) is 12.4. The maximum atomic E-state index is 12.1. The normalized spacial score (nSPS) is 11.3. The van der Waals surface area contributed by atoms with Gasteiger partial charge in [-0.05, 0) is 18.2 Å². The second-order valence-electron chi connectivity index (χ2n) is 3.51. The number of pyridine rings is 1. The zero-order chi connectivity index (χ0) is 14.0. The maximum absolute atomic E-state index is 12.1. The summed E-state index contributed by atoms with van der Waals surface area (Å²) in [4.78, 5) is 3.60. The van der Waals surface area contributed by atoms with Gasteiger partial charge in [0.2, 0.25) is 0 Å². The van der Waals surface area contributed by atoms with Gasteiger partial charge in [-0.25, -0.2) is 8.42 Å². The van der Waals surface area contributed by atoms with Gasteiger partial charge in [0, 0.05) is 12.4 Å². The van der Waals surface area contributed by atoms with Crippen LogP contribution in [0, 0.1) is 0 Å². The highest BCUT2D eigenvalue weighted by Crippen LogP contribution is 2.31. The molecule has 0 spiro atoms. The first kappa shape index (κ1) is 14.4. The molecule has 0 amide bonds. The van der Waals surface area contributed by atoms with Gasteiger partial charge in [-0.15, -0.1) is 0 Å². The number of anilines is 1. The first-order valence-electron chi connectivity index (χ1n) is 4.98. The molecule has 2 aromatic rings. The highest BCUT2D eigenvalue weighted by molar-refractivity contribution is 7.92. The van der Waals surface area contributed by atoms with Gasteiger partial charge in [-0.2, -0.15) is 0 Å². The molecular weight excluding hydrogens is 331 g/mol. The van der Waals surface area contributed by atoms with E-state index in [1.54, 1.807) is 12.1 Å². The average Bonchev–Trinajstić information content (AvgIpc) is 2.35. The second-order valence-corrected chi connectivity index (χ2v) is 6.36. The Bertz CT molecular complexity index is 720. The summed E-state index contributed by atoms with van der Waals surface area (Å²) >= 11 is 17.6. The largest absolute Gasteiger partial charge is 0.278 e. The molecule has 0 unspecified atom stereocenters. The molecule has 0 saturated heterocycles. The van der Waals surface area contributed by atoms with Crippen LogP contribution in [-0.2, 0) is 10.0 Å². The minimum atomic E-state index is -3.87. The average molecular weight is 338 g/mol. The first-order chi connectivity index (χ1) is 8.92. The van der Waals surface area contributed by atoms with Crippen LogP contribution < -0.4 is 4.72 Å². The van der Waals surface area contributed by atoms with Gasteiger partial charge in [0.1, 0.15) is 4.90 Å². The third kappa shape index (κ3) is 3.12. The molecule has 0 aliphatic rings. The Morgan fingerprint density at radius 3 is 2.47 bits per heavy atom. The van der Waals surface area contributed by atoms with Crippen molar-refractivity contribution in [3.63, 3.8) is 0 Å². The number of rotatable bonds is 3. The van der Waals surface area contributed by atoms with Gasteiger partial charge in [0.25, 0.3) is 10.0 Å². The molecule has 1 aromatic carbocycles. The highest BCUT2D eigenvalue weighted by atomic mass is 35.5. The fourth-order valence-electron chi connectivity index (χ4n) is 1.34. The van der Waals surface area contributed by atoms with Crippen molar-refractivity contribution in [1.82, 2.24) is 4.98 Å². The minimum Gasteiger partial charge on any atom is -0.278 e. The van der Waals surface area contributed by atoms with E-state index < -0.39 is 10.0 Å². The van der Waals surface area contributed by atoms with Crippen molar-refractivity contribution >= 4 is 50.5 Å². The molecule has 0 radical (unpaired) electrons. The molecular formula is C11H7Cl3N2O2S. The van der Waals surface area contributed by atoms with Gasteiger partial charge < -0.3 is 0 Å². The summed E-state index contributed by atoms with van der Waals surface area (Å²) in [6.45, 7) is 0. The molecule has 0 bridgehead atoms. The predicted octanol–water partition coefficient (Wildman–Crippen LogP) is 3.84. The predicted molar refractivity (Wildman–Crippen MR) is 76.5 cm³/mol. The van der Waals surface area contributed by atoms with Crippen molar-refractivity contribution in [2.24, 2.45) is 0 Å². The molecule has 100 valence electrons. The number of nitrogens with zero attached hydrogens (tertiary/aromatic N) is 1. The summed E-state index contributed by atoms with van der Waals surface area (Å²) in [7, 11) is -3.87. The summed E-state index contributed by atoms with van der Waals surface area (Å²) in [5.74, 6) is 0. The third-order valence-corrected chi connectivity index (χ3v) is 4.87. The monoisotopic (exact) mass is 336 g/mol. The molecule has 0 fully saturated rings. The summed E-state index contributed by atoms with van der Waals surface area (Å²) in [5.41, 5.74) is 0.175. The molecule has 0 aliphatic carbocycles. The Hall–Kier alpha value is -1.01. The van der Waals surface area contributed by atoms with E-state index in [0.29, 0.717) is 0 Å². The molecule has 0 aliphatic heterocycles. The van der Waals surface area contributed by atoms with Crippen LogP contribution in [0.4, 0.5) is 5.69 Å². The molecule has 1 heterocycles. The Morgan fingerprint density at radius 2 is 1.79 bits per heavy atom. The highest BCUT2D eigenvalue weighted by Gasteiger charge is 2.19. The van der Waals surface area contributed by atoms with E-state index in [1.165, 1.54) is 18.3 Å². The van der Waals surface area contributed by atoms with E-state index in [2.05, 4.69) is 9.71 Å². The Labute approximate surface area is 125 Å². The van der Waals surface area contributed by atoms with Crippen molar-refractivity contribution in [2.45, 2.75) is 4.90 Å². The smallest absolute Gasteiger partial charge is 0.264 e. The lowest BCUT2D eigenvalue weighted by Gasteiger charge is -2.10. The summed E-state index contributed by atoms with van der Waals surface area (Å²) in [6.07, 6.45) is 2.55. The van der Waals surface area contributed by atoms with Crippen molar-refractivity contribution in [1.29, 1.82) is 0 Å². The van der Waals surface area contributed by atoms with E-state index in [9.17, 15) is 8.42 Å². The number of hydrogen-bond donors (Lipinski definition) is 1. The molecule has 1 N–H and O–H groups in total. The van der Waals surface area contributed by atoms with Crippen LogP contribution in [0.3, 0.4) is 0 Å². The van der Waals surface area contributed by atoms with Gasteiger partial charge in [-0.3, -0.25) is 9.71 Å². The molecule has 2 rings (SSSR count). The second kappa shape index (κ2) is 5.54. The summed E-state index contributed by atoms with van der Waals surface area (Å²) < 4.78 is 26.6. The van der Waals surface area contributed by atoms with Crippen LogP contribution in [0.25, 0.3) is 0 Å². The number of benzene rings is 1. The fourth-order valence-corrected chi connectivity index (χ4v) is 3.25. The molecule has 19 heavy (non-hydrogen) atoms. The van der Waals surface area contributed by atoms with Crippen molar-refractivity contribution in [2.75, 3.05) is 4.72 Å². The molecule has 4 nitrogen and oxygen atoms in total. The van der Waals surface area contributed by atoms with Crippen LogP contribution in [0.1, 0.15) is 0 Å². The SMILES string of the molecule is O=S(=O)(Nc1cccc(Cl)c1Cl)c1cnccc1Cl. The van der Waals surface area contributed by atoms with E-state index in [1.807, 2.05) is 0 Å². The van der Waals surface area contributed by atoms with Gasteiger partial charge in [0.05, 0.1) is 20.8 Å². The standard InChI is InChI=1S/C11H7Cl3N2O2S/c12-7-4-5-15-6-10(7)19(17,18)16-9-3-1-2-8(13)11(9)14/h1-6,16H. The van der Waals surface area contributed by atoms with Crippen LogP contribution in [-0.4, -0.2) is 13.4 Å². The molecule has 0 atom stereocenters. The fraction of sp³-hybridized carbons (Fsp3) is 0. The van der Waals surface area contributed by atoms with Crippen LogP contribution >= 0.6 is 34.8 Å². The lowest BCUT2D eigenvalue weighted by Crippen LogP contribution is -2.14. The Kier molecular flexibility index (Phi) is 4.20. The van der Waals surface area contributed by atoms with Crippen LogP contribution in [0.2, 0.25) is 15.1 Å². The van der Waals surface area contributed by atoms with Gasteiger partial charge in [-0.1, -0.05) is 40.9 Å². The van der Waals surface area contributed by atoms with E-state index >= 15 is 0 Å². The summed E-state index contributed by atoms with van der Waals surface area (Å²) in [6, 6.07) is 6.02. The molecule has 0 saturated carbocycles. The molecule has 1 aromatic heterocycles. The number of halogens is 3. The number of nitrogens with one attached hydrogen (secondary N) is 1. The number of aromatic nitrogens is 1. The van der Waals surface area contributed by atoms with Crippen molar-refractivity contribution < 1.29 is 8.42 Å². The van der Waals surface area contributed by atoms with E-state index in [4.69, 9.17) is 34.8 Å². The van der Waals surface area contributed by atoms with Crippen molar-refractivity contribution in [3.05, 3.63) is 51.7 Å². The van der Waals surface area contributed by atoms with Gasteiger partial charge in [0.15, 0.2) is 0 Å². The molecule has 8 heteroatoms. The Morgan fingerprint density at radius 1 is 1.05 bits per heavy atom. The lowest BCUT2D eigenvalue weighted by atomic mass is 10.3. The van der Waals surface area contributed by atoms with Crippen LogP contribution in [0.15, 0.2) is 41.6 Å². The van der Waals surface area contributed by atoms with Crippen LogP contribution in [0.5, 0.6) is 0 Å².